The summed E-state index contributed by atoms with van der Waals surface area (Å²) in [5.41, 5.74) is -0.438. The number of hydrogen-bond acceptors (Lipinski definition) is 5. The average molecular weight is 347 g/mol. The van der Waals surface area contributed by atoms with E-state index in [0.717, 1.165) is 19.3 Å². The largest absolute Gasteiger partial charge is 0.459 e. The molecule has 2 aliphatic carbocycles. The summed E-state index contributed by atoms with van der Waals surface area (Å²) in [5, 5.41) is 21.5. The Labute approximate surface area is 147 Å². The van der Waals surface area contributed by atoms with Crippen LogP contribution in [-0.2, 0) is 4.74 Å². The predicted molar refractivity (Wildman–Crippen MR) is 92.2 cm³/mol. The van der Waals surface area contributed by atoms with Crippen molar-refractivity contribution in [3.05, 3.63) is 39.9 Å². The lowest BCUT2D eigenvalue weighted by molar-refractivity contribution is -0.384. The minimum Gasteiger partial charge on any atom is -0.459 e. The summed E-state index contributed by atoms with van der Waals surface area (Å²) in [6.07, 6.45) is 3.96. The predicted octanol–water partition coefficient (Wildman–Crippen LogP) is 3.72. The van der Waals surface area contributed by atoms with E-state index in [-0.39, 0.29) is 17.7 Å². The fourth-order valence-electron chi connectivity index (χ4n) is 4.54. The topological polar surface area (TPSA) is 89.7 Å². The molecule has 0 spiro atoms. The van der Waals surface area contributed by atoms with Crippen LogP contribution in [0, 0.1) is 27.9 Å². The SMILES string of the molecule is C[C@H]1CC[C@H]2[C@H]1C[C@@H](OC(=O)c1ccc([N+](=O)[O-])cc1)CC[C@@]2(C)O. The van der Waals surface area contributed by atoms with Crippen LogP contribution in [0.2, 0.25) is 0 Å². The minimum absolute atomic E-state index is 0.0512. The highest BCUT2D eigenvalue weighted by Gasteiger charge is 2.47. The number of esters is 1. The normalized spacial score (nSPS) is 34.8. The first kappa shape index (κ1) is 17.9. The zero-order chi connectivity index (χ0) is 18.2. The first-order chi connectivity index (χ1) is 11.8. The van der Waals surface area contributed by atoms with Crippen LogP contribution in [0.5, 0.6) is 0 Å². The smallest absolute Gasteiger partial charge is 0.338 e. The van der Waals surface area contributed by atoms with Gasteiger partial charge < -0.3 is 9.84 Å². The van der Waals surface area contributed by atoms with E-state index in [1.807, 2.05) is 6.92 Å². The molecule has 0 aliphatic heterocycles. The summed E-state index contributed by atoms with van der Waals surface area (Å²) in [6, 6.07) is 5.47. The Balaban J connectivity index is 1.69. The monoisotopic (exact) mass is 347 g/mol. The van der Waals surface area contributed by atoms with Crippen LogP contribution >= 0.6 is 0 Å². The third-order valence-electron chi connectivity index (χ3n) is 6.07. The molecule has 0 radical (unpaired) electrons. The van der Waals surface area contributed by atoms with E-state index in [4.69, 9.17) is 4.74 Å². The number of nitro benzene ring substituents is 1. The fraction of sp³-hybridized carbons (Fsp3) is 0.632. The molecule has 5 atom stereocenters. The van der Waals surface area contributed by atoms with Gasteiger partial charge in [0.1, 0.15) is 6.10 Å². The van der Waals surface area contributed by atoms with E-state index in [1.54, 1.807) is 0 Å². The van der Waals surface area contributed by atoms with Gasteiger partial charge in [-0.1, -0.05) is 13.3 Å². The molecule has 136 valence electrons. The summed E-state index contributed by atoms with van der Waals surface area (Å²) in [5.74, 6) is 0.705. The lowest BCUT2D eigenvalue weighted by Crippen LogP contribution is -2.36. The molecule has 1 aromatic carbocycles. The van der Waals surface area contributed by atoms with E-state index in [1.165, 1.54) is 24.3 Å². The van der Waals surface area contributed by atoms with Crippen molar-refractivity contribution in [2.75, 3.05) is 0 Å². The third kappa shape index (κ3) is 3.68. The number of non-ortho nitro benzene ring substituents is 1. The number of aliphatic hydroxyl groups is 1. The van der Waals surface area contributed by atoms with Crippen LogP contribution in [0.25, 0.3) is 0 Å². The molecule has 25 heavy (non-hydrogen) atoms. The number of nitro groups is 1. The summed E-state index contributed by atoms with van der Waals surface area (Å²) in [6.45, 7) is 4.12. The number of hydrogen-bond donors (Lipinski definition) is 1. The molecule has 1 N–H and O–H groups in total. The standard InChI is InChI=1S/C19H25NO5/c1-12-3-8-17-16(12)11-15(9-10-19(17,2)22)25-18(21)13-4-6-14(7-5-13)20(23)24/h4-7,12,15-17,22H,3,8-11H2,1-2H3/t12-,15-,16-,17-,19+/m0/s1. The molecule has 0 aromatic heterocycles. The first-order valence-electron chi connectivity index (χ1n) is 8.96. The molecule has 0 amide bonds. The number of rotatable bonds is 3. The highest BCUT2D eigenvalue weighted by atomic mass is 16.6. The van der Waals surface area contributed by atoms with Crippen molar-refractivity contribution in [2.45, 2.75) is 57.7 Å². The molecule has 2 saturated carbocycles. The number of fused-ring (bicyclic) bond motifs is 1. The summed E-state index contributed by atoms with van der Waals surface area (Å²) < 4.78 is 5.69. The Bertz CT molecular complexity index is 654. The first-order valence-corrected chi connectivity index (χ1v) is 8.96. The second-order valence-corrected chi connectivity index (χ2v) is 7.79. The Hall–Kier alpha value is -1.95. The number of carbonyl (C=O) groups is 1. The van der Waals surface area contributed by atoms with Gasteiger partial charge in [0.05, 0.1) is 16.1 Å². The van der Waals surface area contributed by atoms with E-state index in [2.05, 4.69) is 6.92 Å². The van der Waals surface area contributed by atoms with Crippen molar-refractivity contribution in [3.8, 4) is 0 Å². The van der Waals surface area contributed by atoms with E-state index >= 15 is 0 Å². The lowest BCUT2D eigenvalue weighted by Gasteiger charge is -2.32. The molecule has 0 unspecified atom stereocenters. The molecule has 6 nitrogen and oxygen atoms in total. The van der Waals surface area contributed by atoms with Crippen LogP contribution in [-0.4, -0.2) is 27.7 Å². The molecule has 2 fully saturated rings. The number of benzene rings is 1. The Morgan fingerprint density at radius 2 is 1.96 bits per heavy atom. The maximum atomic E-state index is 12.4. The zero-order valence-corrected chi connectivity index (χ0v) is 14.7. The summed E-state index contributed by atoms with van der Waals surface area (Å²) in [4.78, 5) is 22.6. The van der Waals surface area contributed by atoms with Gasteiger partial charge in [-0.05, 0) is 62.5 Å². The lowest BCUT2D eigenvalue weighted by atomic mass is 9.78. The van der Waals surface area contributed by atoms with Crippen molar-refractivity contribution in [1.82, 2.24) is 0 Å². The van der Waals surface area contributed by atoms with Crippen LogP contribution in [0.1, 0.15) is 56.3 Å². The van der Waals surface area contributed by atoms with Gasteiger partial charge in [-0.25, -0.2) is 4.79 Å². The molecule has 0 saturated heterocycles. The summed E-state index contributed by atoms with van der Waals surface area (Å²) >= 11 is 0. The van der Waals surface area contributed by atoms with Gasteiger partial charge in [-0.3, -0.25) is 10.1 Å². The van der Waals surface area contributed by atoms with E-state index in [0.29, 0.717) is 30.2 Å². The van der Waals surface area contributed by atoms with Crippen molar-refractivity contribution in [1.29, 1.82) is 0 Å². The molecule has 6 heteroatoms. The molecule has 0 bridgehead atoms. The van der Waals surface area contributed by atoms with Crippen molar-refractivity contribution >= 4 is 11.7 Å². The minimum atomic E-state index is -0.704. The van der Waals surface area contributed by atoms with E-state index in [9.17, 15) is 20.0 Å². The molecular weight excluding hydrogens is 322 g/mol. The molecule has 1 aromatic rings. The summed E-state index contributed by atoms with van der Waals surface area (Å²) in [7, 11) is 0. The van der Waals surface area contributed by atoms with Gasteiger partial charge >= 0.3 is 5.97 Å². The maximum absolute atomic E-state index is 12.4. The average Bonchev–Trinajstić information content (AvgIpc) is 2.88. The van der Waals surface area contributed by atoms with Crippen molar-refractivity contribution < 1.29 is 19.6 Å². The van der Waals surface area contributed by atoms with Crippen LogP contribution in [0.4, 0.5) is 5.69 Å². The quantitative estimate of drug-likeness (QED) is 0.511. The third-order valence-corrected chi connectivity index (χ3v) is 6.07. The fourth-order valence-corrected chi connectivity index (χ4v) is 4.54. The van der Waals surface area contributed by atoms with Crippen molar-refractivity contribution in [2.24, 2.45) is 17.8 Å². The van der Waals surface area contributed by atoms with Gasteiger partial charge in [-0.2, -0.15) is 0 Å². The van der Waals surface area contributed by atoms with E-state index < -0.39 is 16.5 Å². The molecular formula is C19H25NO5. The van der Waals surface area contributed by atoms with Crippen LogP contribution < -0.4 is 0 Å². The maximum Gasteiger partial charge on any atom is 0.338 e. The number of nitrogens with zero attached hydrogens (tertiary/aromatic N) is 1. The highest BCUT2D eigenvalue weighted by molar-refractivity contribution is 5.89. The Morgan fingerprint density at radius 1 is 1.28 bits per heavy atom. The highest BCUT2D eigenvalue weighted by Crippen LogP contribution is 2.49. The second kappa shape index (κ2) is 6.75. The molecule has 0 heterocycles. The Kier molecular flexibility index (Phi) is 4.82. The number of ether oxygens (including phenoxy) is 1. The van der Waals surface area contributed by atoms with Gasteiger partial charge in [0.25, 0.3) is 5.69 Å². The molecule has 2 aliphatic rings. The molecule has 3 rings (SSSR count). The number of carbonyl (C=O) groups excluding carboxylic acids is 1. The van der Waals surface area contributed by atoms with Gasteiger partial charge in [0, 0.05) is 12.1 Å². The van der Waals surface area contributed by atoms with Gasteiger partial charge in [0.2, 0.25) is 0 Å². The van der Waals surface area contributed by atoms with Crippen LogP contribution in [0.3, 0.4) is 0 Å². The Morgan fingerprint density at radius 3 is 2.60 bits per heavy atom. The second-order valence-electron chi connectivity index (χ2n) is 7.79. The van der Waals surface area contributed by atoms with Gasteiger partial charge in [-0.15, -0.1) is 0 Å². The van der Waals surface area contributed by atoms with Crippen molar-refractivity contribution in [3.63, 3.8) is 0 Å². The van der Waals surface area contributed by atoms with Crippen LogP contribution in [0.15, 0.2) is 24.3 Å². The van der Waals surface area contributed by atoms with Gasteiger partial charge in [0.15, 0.2) is 0 Å². The zero-order valence-electron chi connectivity index (χ0n) is 14.7.